The van der Waals surface area contributed by atoms with Crippen LogP contribution in [0.15, 0.2) is 12.2 Å². The third-order valence-electron chi connectivity index (χ3n) is 11.6. The average Bonchev–Trinajstić information content (AvgIpc) is 3.15. The predicted molar refractivity (Wildman–Crippen MR) is 141 cm³/mol. The topological polar surface area (TPSA) is 52.3 Å². The van der Waals surface area contributed by atoms with Gasteiger partial charge in [0, 0.05) is 12.1 Å². The van der Waals surface area contributed by atoms with Gasteiger partial charge >= 0.3 is 5.97 Å². The van der Waals surface area contributed by atoms with E-state index < -0.39 is 0 Å². The Morgan fingerprint density at radius 1 is 0.971 bits per heavy atom. The van der Waals surface area contributed by atoms with E-state index in [9.17, 15) is 4.79 Å². The van der Waals surface area contributed by atoms with E-state index in [0.29, 0.717) is 22.3 Å². The van der Waals surface area contributed by atoms with Crippen molar-refractivity contribution >= 4 is 5.97 Å². The molecule has 3 unspecified atom stereocenters. The van der Waals surface area contributed by atoms with Gasteiger partial charge in [-0.1, -0.05) is 60.5 Å². The zero-order chi connectivity index (χ0) is 24.7. The minimum atomic E-state index is -0.280. The summed E-state index contributed by atoms with van der Waals surface area (Å²) in [5, 5.41) is 0. The van der Waals surface area contributed by atoms with E-state index in [1.54, 1.807) is 0 Å². The molecule has 0 aliphatic heterocycles. The molecule has 2 N–H and O–H groups in total. The Morgan fingerprint density at radius 3 is 2.38 bits per heavy atom. The normalized spacial score (nSPS) is 42.4. The minimum absolute atomic E-state index is 0.0573. The molecule has 0 aromatic heterocycles. The molecular weight excluding hydrogens is 418 g/mol. The number of rotatable bonds is 8. The summed E-state index contributed by atoms with van der Waals surface area (Å²) >= 11 is 0. The predicted octanol–water partition coefficient (Wildman–Crippen LogP) is 7.53. The summed E-state index contributed by atoms with van der Waals surface area (Å²) in [6.07, 6.45) is 16.1. The van der Waals surface area contributed by atoms with Crippen LogP contribution in [-0.4, -0.2) is 18.6 Å². The summed E-state index contributed by atoms with van der Waals surface area (Å²) in [6, 6.07) is 0. The maximum atomic E-state index is 12.3. The lowest BCUT2D eigenvalue weighted by Gasteiger charge is -2.61. The van der Waals surface area contributed by atoms with Crippen LogP contribution in [0.25, 0.3) is 0 Å². The highest BCUT2D eigenvalue weighted by Gasteiger charge is 2.60. The average molecular weight is 472 g/mol. The lowest BCUT2D eigenvalue weighted by molar-refractivity contribution is -0.159. The summed E-state index contributed by atoms with van der Waals surface area (Å²) in [5.74, 6) is 5.79. The monoisotopic (exact) mass is 471 g/mol. The van der Waals surface area contributed by atoms with Gasteiger partial charge in [-0.25, -0.2) is 4.79 Å². The van der Waals surface area contributed by atoms with Crippen LogP contribution >= 0.6 is 0 Å². The number of hydrogen-bond donors (Lipinski definition) is 1. The van der Waals surface area contributed by atoms with Crippen LogP contribution in [0.4, 0.5) is 0 Å². The van der Waals surface area contributed by atoms with Crippen LogP contribution < -0.4 is 5.73 Å². The van der Waals surface area contributed by atoms with E-state index in [1.165, 1.54) is 64.2 Å². The number of fused-ring (bicyclic) bond motifs is 5. The number of carbonyl (C=O) groups is 1. The van der Waals surface area contributed by atoms with Crippen molar-refractivity contribution in [3.63, 3.8) is 0 Å². The fraction of sp³-hybridized carbons (Fsp3) is 0.903. The first-order chi connectivity index (χ1) is 16.1. The van der Waals surface area contributed by atoms with Gasteiger partial charge in [-0.2, -0.15) is 0 Å². The Bertz CT molecular complexity index is 746. The highest BCUT2D eigenvalue weighted by molar-refractivity contribution is 5.88. The molecule has 4 rings (SSSR count). The van der Waals surface area contributed by atoms with Gasteiger partial charge < -0.3 is 10.5 Å². The molecule has 4 saturated carbocycles. The first kappa shape index (κ1) is 26.2. The molecule has 194 valence electrons. The summed E-state index contributed by atoms with van der Waals surface area (Å²) in [5.41, 5.74) is 6.99. The van der Waals surface area contributed by atoms with E-state index in [1.807, 2.05) is 0 Å². The molecule has 34 heavy (non-hydrogen) atoms. The second-order valence-corrected chi connectivity index (χ2v) is 13.8. The van der Waals surface area contributed by atoms with Crippen molar-refractivity contribution in [3.05, 3.63) is 12.2 Å². The van der Waals surface area contributed by atoms with E-state index in [0.717, 1.165) is 48.3 Å². The van der Waals surface area contributed by atoms with Crippen LogP contribution in [0.2, 0.25) is 0 Å². The lowest BCUT2D eigenvalue weighted by Crippen LogP contribution is -2.54. The molecular formula is C31H53NO2. The Morgan fingerprint density at radius 2 is 1.68 bits per heavy atom. The highest BCUT2D eigenvalue weighted by Crippen LogP contribution is 2.68. The molecule has 0 heterocycles. The quantitative estimate of drug-likeness (QED) is 0.294. The zero-order valence-electron chi connectivity index (χ0n) is 22.9. The molecule has 0 aromatic carbocycles. The Labute approximate surface area is 210 Å². The van der Waals surface area contributed by atoms with Crippen molar-refractivity contribution in [2.24, 2.45) is 58.0 Å². The summed E-state index contributed by atoms with van der Waals surface area (Å²) in [6.45, 7) is 16.6. The zero-order valence-corrected chi connectivity index (χ0v) is 22.9. The highest BCUT2D eigenvalue weighted by atomic mass is 16.5. The van der Waals surface area contributed by atoms with Gasteiger partial charge in [-0.05, 0) is 110 Å². The summed E-state index contributed by atoms with van der Waals surface area (Å²) in [4.78, 5) is 12.3. The van der Waals surface area contributed by atoms with E-state index in [2.05, 4.69) is 41.2 Å². The van der Waals surface area contributed by atoms with Crippen molar-refractivity contribution in [1.82, 2.24) is 0 Å². The molecule has 3 nitrogen and oxygen atoms in total. The molecule has 0 bridgehead atoms. The fourth-order valence-corrected chi connectivity index (χ4v) is 9.67. The Hall–Kier alpha value is -0.830. The van der Waals surface area contributed by atoms with Crippen molar-refractivity contribution in [2.75, 3.05) is 6.54 Å². The second kappa shape index (κ2) is 10.3. The molecule has 0 spiro atoms. The molecule has 4 aliphatic carbocycles. The van der Waals surface area contributed by atoms with Gasteiger partial charge in [-0.15, -0.1) is 0 Å². The van der Waals surface area contributed by atoms with Crippen LogP contribution in [0.3, 0.4) is 0 Å². The maximum Gasteiger partial charge on any atom is 0.334 e. The van der Waals surface area contributed by atoms with Gasteiger partial charge in [0.25, 0.3) is 0 Å². The number of esters is 1. The van der Waals surface area contributed by atoms with Crippen molar-refractivity contribution in [1.29, 1.82) is 0 Å². The number of ether oxygens (including phenoxy) is 1. The third-order valence-corrected chi connectivity index (χ3v) is 11.6. The van der Waals surface area contributed by atoms with Gasteiger partial charge in [-0.3, -0.25) is 0 Å². The van der Waals surface area contributed by atoms with Crippen molar-refractivity contribution < 1.29 is 9.53 Å². The van der Waals surface area contributed by atoms with Gasteiger partial charge in [0.15, 0.2) is 0 Å². The standard InChI is InChI=1S/C31H53NO2/c1-20(2)8-7-9-21(3)26-12-13-27-25-11-10-23-18-24(34-29(33)22(4)19-32)14-16-30(23,5)28(25)15-17-31(26,27)6/h20-21,23-28H,4,7-19,32H2,1-3,5-6H3/t21-,23?,24+,25+,26-,27?,28?,30+,31-/m1/s1. The minimum Gasteiger partial charge on any atom is -0.459 e. The first-order valence-corrected chi connectivity index (χ1v) is 14.7. The SMILES string of the molecule is C=C(CN)C(=O)O[C@H]1CC[C@@]2(C)C(CC[C@@H]3C2CC[C@@]2(C)C3CC[C@@H]2[C@H](C)CCCC(C)C)C1. The summed E-state index contributed by atoms with van der Waals surface area (Å²) < 4.78 is 5.83. The second-order valence-electron chi connectivity index (χ2n) is 13.8. The Kier molecular flexibility index (Phi) is 7.92. The number of carbonyl (C=O) groups excluding carboxylic acids is 1. The van der Waals surface area contributed by atoms with E-state index >= 15 is 0 Å². The molecule has 0 saturated heterocycles. The lowest BCUT2D eigenvalue weighted by atomic mass is 9.44. The van der Waals surface area contributed by atoms with Crippen molar-refractivity contribution in [3.8, 4) is 0 Å². The van der Waals surface area contributed by atoms with Gasteiger partial charge in [0.05, 0.1) is 0 Å². The van der Waals surface area contributed by atoms with Crippen LogP contribution in [-0.2, 0) is 9.53 Å². The number of hydrogen-bond acceptors (Lipinski definition) is 3. The maximum absolute atomic E-state index is 12.3. The summed E-state index contributed by atoms with van der Waals surface area (Å²) in [7, 11) is 0. The van der Waals surface area contributed by atoms with Crippen LogP contribution in [0.5, 0.6) is 0 Å². The van der Waals surface area contributed by atoms with Crippen molar-refractivity contribution in [2.45, 2.75) is 118 Å². The molecule has 4 fully saturated rings. The third kappa shape index (κ3) is 4.76. The van der Waals surface area contributed by atoms with E-state index in [-0.39, 0.29) is 18.6 Å². The van der Waals surface area contributed by atoms with Crippen LogP contribution in [0.1, 0.15) is 112 Å². The van der Waals surface area contributed by atoms with E-state index in [4.69, 9.17) is 10.5 Å². The molecule has 0 amide bonds. The molecule has 9 atom stereocenters. The molecule has 0 radical (unpaired) electrons. The number of nitrogens with two attached hydrogens (primary N) is 1. The fourth-order valence-electron chi connectivity index (χ4n) is 9.67. The molecule has 3 heteroatoms. The smallest absolute Gasteiger partial charge is 0.334 e. The first-order valence-electron chi connectivity index (χ1n) is 14.7. The van der Waals surface area contributed by atoms with Gasteiger partial charge in [0.1, 0.15) is 6.10 Å². The molecule has 0 aromatic rings. The van der Waals surface area contributed by atoms with Gasteiger partial charge in [0.2, 0.25) is 0 Å². The van der Waals surface area contributed by atoms with Crippen LogP contribution in [0, 0.1) is 52.3 Å². The Balaban J connectivity index is 1.40. The largest absolute Gasteiger partial charge is 0.459 e. The molecule has 4 aliphatic rings.